The minimum Gasteiger partial charge on any atom is -0.396 e. The first kappa shape index (κ1) is 10.9. The predicted octanol–water partition coefficient (Wildman–Crippen LogP) is 2.22. The zero-order valence-electron chi connectivity index (χ0n) is 8.80. The van der Waals surface area contributed by atoms with E-state index in [0.29, 0.717) is 6.42 Å². The summed E-state index contributed by atoms with van der Waals surface area (Å²) in [7, 11) is -2.21. The monoisotopic (exact) mass is 224 g/mol. The topological polar surface area (TPSA) is 37.3 Å². The maximum atomic E-state index is 12.8. The van der Waals surface area contributed by atoms with Crippen LogP contribution in [-0.4, -0.2) is 23.5 Å². The number of rotatable bonds is 3. The molecule has 2 nitrogen and oxygen atoms in total. The molecule has 3 heteroatoms. The van der Waals surface area contributed by atoms with Crippen LogP contribution in [0.25, 0.3) is 0 Å². The van der Waals surface area contributed by atoms with E-state index in [1.54, 1.807) is 0 Å². The Kier molecular flexibility index (Phi) is 3.28. The van der Waals surface area contributed by atoms with E-state index < -0.39 is 7.14 Å². The molecule has 1 aliphatic rings. The fourth-order valence-corrected chi connectivity index (χ4v) is 5.98. The van der Waals surface area contributed by atoms with Crippen LogP contribution < -0.4 is 5.30 Å². The van der Waals surface area contributed by atoms with Crippen molar-refractivity contribution < 1.29 is 9.67 Å². The molecule has 2 rings (SSSR count). The first-order chi connectivity index (χ1) is 7.27. The average Bonchev–Trinajstić information content (AvgIpc) is 2.64. The molecular formula is C12H17O2P. The highest BCUT2D eigenvalue weighted by Crippen LogP contribution is 2.57. The van der Waals surface area contributed by atoms with Crippen molar-refractivity contribution in [3.8, 4) is 0 Å². The lowest BCUT2D eigenvalue weighted by molar-refractivity contribution is 0.285. The summed E-state index contributed by atoms with van der Waals surface area (Å²) < 4.78 is 12.8. The van der Waals surface area contributed by atoms with Crippen LogP contribution >= 0.6 is 7.14 Å². The Bertz CT molecular complexity index is 361. The second-order valence-electron chi connectivity index (χ2n) is 4.16. The van der Waals surface area contributed by atoms with Gasteiger partial charge in [0.15, 0.2) is 0 Å². The molecule has 0 amide bonds. The Morgan fingerprint density at radius 3 is 2.73 bits per heavy atom. The van der Waals surface area contributed by atoms with Crippen LogP contribution in [0.5, 0.6) is 0 Å². The molecule has 1 aliphatic heterocycles. The van der Waals surface area contributed by atoms with Gasteiger partial charge in [0.25, 0.3) is 0 Å². The highest BCUT2D eigenvalue weighted by atomic mass is 31.2. The van der Waals surface area contributed by atoms with Gasteiger partial charge in [0.2, 0.25) is 0 Å². The van der Waals surface area contributed by atoms with Crippen molar-refractivity contribution in [1.82, 2.24) is 0 Å². The van der Waals surface area contributed by atoms with Crippen molar-refractivity contribution >= 4 is 12.4 Å². The number of benzene rings is 1. The van der Waals surface area contributed by atoms with Gasteiger partial charge in [-0.1, -0.05) is 30.3 Å². The normalized spacial score (nSPS) is 30.6. The van der Waals surface area contributed by atoms with E-state index in [9.17, 15) is 4.57 Å². The molecule has 0 saturated carbocycles. The van der Waals surface area contributed by atoms with Gasteiger partial charge < -0.3 is 9.67 Å². The third kappa shape index (κ3) is 2.02. The molecule has 0 unspecified atom stereocenters. The lowest BCUT2D eigenvalue weighted by atomic mass is 10.2. The quantitative estimate of drug-likeness (QED) is 0.799. The molecule has 1 saturated heterocycles. The average molecular weight is 224 g/mol. The minimum atomic E-state index is -2.21. The Hall–Kier alpha value is -0.590. The number of hydrogen-bond donors (Lipinski definition) is 1. The number of hydrogen-bond acceptors (Lipinski definition) is 2. The van der Waals surface area contributed by atoms with Crippen LogP contribution in [0.4, 0.5) is 0 Å². The van der Waals surface area contributed by atoms with E-state index in [1.807, 2.05) is 30.3 Å². The lowest BCUT2D eigenvalue weighted by Gasteiger charge is -2.20. The van der Waals surface area contributed by atoms with Gasteiger partial charge in [-0.2, -0.15) is 0 Å². The predicted molar refractivity (Wildman–Crippen MR) is 63.3 cm³/mol. The zero-order valence-corrected chi connectivity index (χ0v) is 9.70. The lowest BCUT2D eigenvalue weighted by Crippen LogP contribution is -2.15. The van der Waals surface area contributed by atoms with Crippen molar-refractivity contribution in [2.45, 2.75) is 24.9 Å². The van der Waals surface area contributed by atoms with Crippen LogP contribution in [0.2, 0.25) is 0 Å². The van der Waals surface area contributed by atoms with Gasteiger partial charge >= 0.3 is 0 Å². The summed E-state index contributed by atoms with van der Waals surface area (Å²) in [6.07, 6.45) is 3.55. The molecule has 2 atom stereocenters. The third-order valence-corrected chi connectivity index (χ3v) is 7.12. The van der Waals surface area contributed by atoms with Gasteiger partial charge in [-0.3, -0.25) is 0 Å². The molecule has 82 valence electrons. The largest absolute Gasteiger partial charge is 0.396 e. The van der Waals surface area contributed by atoms with Crippen LogP contribution in [0.3, 0.4) is 0 Å². The maximum Gasteiger partial charge on any atom is 0.118 e. The van der Waals surface area contributed by atoms with E-state index in [-0.39, 0.29) is 12.3 Å². The fourth-order valence-electron chi connectivity index (χ4n) is 2.48. The summed E-state index contributed by atoms with van der Waals surface area (Å²) in [5.74, 6) is 0. The molecule has 1 heterocycles. The Labute approximate surface area is 90.7 Å². The Morgan fingerprint density at radius 1 is 1.33 bits per heavy atom. The summed E-state index contributed by atoms with van der Waals surface area (Å²) in [5.41, 5.74) is 0.213. The molecule has 1 aromatic carbocycles. The maximum absolute atomic E-state index is 12.8. The first-order valence-corrected chi connectivity index (χ1v) is 7.49. The fraction of sp³-hybridized carbons (Fsp3) is 0.500. The van der Waals surface area contributed by atoms with Crippen LogP contribution in [0.1, 0.15) is 19.3 Å². The highest BCUT2D eigenvalue weighted by Gasteiger charge is 2.38. The second-order valence-corrected chi connectivity index (χ2v) is 7.45. The minimum absolute atomic E-state index is 0.154. The van der Waals surface area contributed by atoms with Gasteiger partial charge in [0.1, 0.15) is 7.14 Å². The first-order valence-electron chi connectivity index (χ1n) is 5.52. The van der Waals surface area contributed by atoms with Gasteiger partial charge in [-0.25, -0.2) is 0 Å². The Morgan fingerprint density at radius 2 is 2.07 bits per heavy atom. The van der Waals surface area contributed by atoms with Gasteiger partial charge in [0, 0.05) is 23.7 Å². The Balaban J connectivity index is 2.29. The van der Waals surface area contributed by atoms with Crippen molar-refractivity contribution in [1.29, 1.82) is 0 Å². The van der Waals surface area contributed by atoms with E-state index >= 15 is 0 Å². The summed E-state index contributed by atoms with van der Waals surface area (Å²) >= 11 is 0. The number of aliphatic hydroxyl groups is 1. The number of aliphatic hydroxyl groups excluding tert-OH is 1. The molecule has 1 N–H and O–H groups in total. The second kappa shape index (κ2) is 4.51. The zero-order chi connectivity index (χ0) is 10.7. The van der Waals surface area contributed by atoms with Crippen LogP contribution in [0, 0.1) is 0 Å². The molecule has 1 fully saturated rings. The van der Waals surface area contributed by atoms with E-state index in [0.717, 1.165) is 24.3 Å². The van der Waals surface area contributed by atoms with Gasteiger partial charge in [-0.05, 0) is 19.3 Å². The molecule has 0 aromatic heterocycles. The molecule has 0 aliphatic carbocycles. The standard InChI is InChI=1S/C12H17O2P/c13-9-8-12-7-4-10-15(12,14)11-5-2-1-3-6-11/h1-3,5-6,12-13H,4,7-10H2/t12-,15+/m0/s1. The van der Waals surface area contributed by atoms with Crippen molar-refractivity contribution in [3.05, 3.63) is 30.3 Å². The van der Waals surface area contributed by atoms with Crippen molar-refractivity contribution in [2.24, 2.45) is 0 Å². The smallest absolute Gasteiger partial charge is 0.118 e. The van der Waals surface area contributed by atoms with Crippen molar-refractivity contribution in [3.63, 3.8) is 0 Å². The molecule has 1 aromatic rings. The van der Waals surface area contributed by atoms with E-state index in [1.165, 1.54) is 0 Å². The summed E-state index contributed by atoms with van der Waals surface area (Å²) in [5, 5.41) is 9.99. The van der Waals surface area contributed by atoms with Gasteiger partial charge in [-0.15, -0.1) is 0 Å². The highest BCUT2D eigenvalue weighted by molar-refractivity contribution is 7.72. The molecular weight excluding hydrogens is 207 g/mol. The van der Waals surface area contributed by atoms with Crippen LogP contribution in [-0.2, 0) is 4.57 Å². The molecule has 0 radical (unpaired) electrons. The summed E-state index contributed by atoms with van der Waals surface area (Å²) in [6.45, 7) is 0.154. The molecule has 15 heavy (non-hydrogen) atoms. The van der Waals surface area contributed by atoms with E-state index in [4.69, 9.17) is 5.11 Å². The van der Waals surface area contributed by atoms with Crippen LogP contribution in [0.15, 0.2) is 30.3 Å². The molecule has 0 spiro atoms. The summed E-state index contributed by atoms with van der Waals surface area (Å²) in [4.78, 5) is 0. The van der Waals surface area contributed by atoms with Gasteiger partial charge in [0.05, 0.1) is 0 Å². The van der Waals surface area contributed by atoms with E-state index in [2.05, 4.69) is 0 Å². The van der Waals surface area contributed by atoms with Crippen molar-refractivity contribution in [2.75, 3.05) is 12.8 Å². The SMILES string of the molecule is O=[P@@]1(c2ccccc2)CCC[C@H]1CCO. The molecule has 0 bridgehead atoms. The third-order valence-electron chi connectivity index (χ3n) is 3.27. The summed E-state index contributed by atoms with van der Waals surface area (Å²) in [6, 6.07) is 9.78.